The molecule has 2 N–H and O–H groups in total. The highest BCUT2D eigenvalue weighted by atomic mass is 79.9. The number of hydrogen-bond donors (Lipinski definition) is 2. The zero-order chi connectivity index (χ0) is 11.8. The van der Waals surface area contributed by atoms with E-state index >= 15 is 0 Å². The van der Waals surface area contributed by atoms with Gasteiger partial charge >= 0.3 is 0 Å². The van der Waals surface area contributed by atoms with Gasteiger partial charge in [0.1, 0.15) is 0 Å². The van der Waals surface area contributed by atoms with Gasteiger partial charge in [0.25, 0.3) is 0 Å². The molecule has 0 radical (unpaired) electrons. The second kappa shape index (κ2) is 4.53. The molecule has 5 heteroatoms. The molecule has 92 valence electrons. The van der Waals surface area contributed by atoms with Gasteiger partial charge in [0, 0.05) is 28.8 Å². The van der Waals surface area contributed by atoms with Crippen LogP contribution in [0.3, 0.4) is 0 Å². The number of nitrogens with zero attached hydrogens (tertiary/aromatic N) is 1. The quantitative estimate of drug-likeness (QED) is 0.882. The van der Waals surface area contributed by atoms with E-state index in [1.54, 1.807) is 6.20 Å². The Balaban J connectivity index is 1.70. The van der Waals surface area contributed by atoms with Crippen LogP contribution in [0.5, 0.6) is 0 Å². The van der Waals surface area contributed by atoms with E-state index in [0.29, 0.717) is 28.4 Å². The molecule has 2 unspecified atom stereocenters. The number of anilines is 1. The topological polar surface area (TPSA) is 37.0 Å². The fourth-order valence-corrected chi connectivity index (χ4v) is 3.19. The summed E-state index contributed by atoms with van der Waals surface area (Å²) in [5.41, 5.74) is 0. The van der Waals surface area contributed by atoms with Crippen molar-refractivity contribution in [1.82, 2.24) is 10.3 Å². The van der Waals surface area contributed by atoms with Crippen molar-refractivity contribution in [2.24, 2.45) is 0 Å². The van der Waals surface area contributed by atoms with E-state index in [1.165, 1.54) is 18.9 Å². The maximum absolute atomic E-state index is 13.6. The van der Waals surface area contributed by atoms with Crippen molar-refractivity contribution in [3.63, 3.8) is 0 Å². The van der Waals surface area contributed by atoms with Crippen LogP contribution in [0.25, 0.3) is 0 Å². The normalized spacial score (nSPS) is 31.5. The van der Waals surface area contributed by atoms with Crippen LogP contribution in [-0.2, 0) is 0 Å². The molecule has 2 aliphatic heterocycles. The van der Waals surface area contributed by atoms with E-state index in [-0.39, 0.29) is 5.82 Å². The minimum atomic E-state index is -0.287. The number of hydrogen-bond acceptors (Lipinski definition) is 3. The van der Waals surface area contributed by atoms with Crippen LogP contribution < -0.4 is 10.6 Å². The average Bonchev–Trinajstić information content (AvgIpc) is 2.62. The predicted molar refractivity (Wildman–Crippen MR) is 68.5 cm³/mol. The fraction of sp³-hybridized carbons (Fsp3) is 0.583. The summed E-state index contributed by atoms with van der Waals surface area (Å²) >= 11 is 3.21. The Morgan fingerprint density at radius 1 is 1.35 bits per heavy atom. The van der Waals surface area contributed by atoms with Crippen LogP contribution in [0, 0.1) is 5.82 Å². The molecular weight excluding hydrogens is 285 g/mol. The molecule has 2 atom stereocenters. The van der Waals surface area contributed by atoms with Gasteiger partial charge in [0.15, 0.2) is 11.6 Å². The molecule has 2 saturated heterocycles. The summed E-state index contributed by atoms with van der Waals surface area (Å²) in [7, 11) is 0. The van der Waals surface area contributed by atoms with E-state index in [9.17, 15) is 4.39 Å². The largest absolute Gasteiger partial charge is 0.365 e. The Kier molecular flexibility index (Phi) is 3.04. The molecule has 3 heterocycles. The number of rotatable bonds is 2. The zero-order valence-electron chi connectivity index (χ0n) is 9.42. The van der Waals surface area contributed by atoms with E-state index < -0.39 is 0 Å². The average molecular weight is 300 g/mol. The lowest BCUT2D eigenvalue weighted by atomic mass is 10.00. The molecule has 0 aliphatic carbocycles. The van der Waals surface area contributed by atoms with Crippen LogP contribution in [0.1, 0.15) is 25.7 Å². The molecule has 0 spiro atoms. The number of nitrogens with one attached hydrogen (secondary N) is 2. The molecule has 2 bridgehead atoms. The van der Waals surface area contributed by atoms with Crippen molar-refractivity contribution >= 4 is 21.7 Å². The lowest BCUT2D eigenvalue weighted by molar-refractivity contribution is 0.376. The van der Waals surface area contributed by atoms with Gasteiger partial charge in [-0.05, 0) is 47.7 Å². The highest BCUT2D eigenvalue weighted by molar-refractivity contribution is 9.10. The first-order valence-electron chi connectivity index (χ1n) is 6.04. The van der Waals surface area contributed by atoms with Gasteiger partial charge in [-0.15, -0.1) is 0 Å². The van der Waals surface area contributed by atoms with Gasteiger partial charge < -0.3 is 10.6 Å². The molecule has 0 aromatic carbocycles. The highest BCUT2D eigenvalue weighted by Crippen LogP contribution is 2.29. The van der Waals surface area contributed by atoms with Gasteiger partial charge in [-0.25, -0.2) is 9.37 Å². The standard InChI is InChI=1S/C12H15BrFN3/c13-7-3-11(14)12(15-6-7)17-10-4-8-1-2-9(5-10)16-8/h3,6,8-10,16H,1-2,4-5H2,(H,15,17). The second-order valence-electron chi connectivity index (χ2n) is 4.93. The van der Waals surface area contributed by atoms with Crippen molar-refractivity contribution in [1.29, 1.82) is 0 Å². The maximum atomic E-state index is 13.6. The van der Waals surface area contributed by atoms with Gasteiger partial charge in [0.2, 0.25) is 0 Å². The first-order chi connectivity index (χ1) is 8.20. The number of piperidine rings is 1. The third-order valence-corrected chi connectivity index (χ3v) is 4.06. The Morgan fingerprint density at radius 2 is 2.06 bits per heavy atom. The number of fused-ring (bicyclic) bond motifs is 2. The molecule has 1 aromatic heterocycles. The van der Waals surface area contributed by atoms with E-state index in [4.69, 9.17) is 0 Å². The van der Waals surface area contributed by atoms with Gasteiger partial charge in [-0.1, -0.05) is 0 Å². The highest BCUT2D eigenvalue weighted by Gasteiger charge is 2.33. The van der Waals surface area contributed by atoms with Crippen LogP contribution >= 0.6 is 15.9 Å². The summed E-state index contributed by atoms with van der Waals surface area (Å²) in [4.78, 5) is 4.09. The van der Waals surface area contributed by atoms with E-state index in [0.717, 1.165) is 12.8 Å². The Labute approximate surface area is 108 Å². The predicted octanol–water partition coefficient (Wildman–Crippen LogP) is 2.68. The lowest BCUT2D eigenvalue weighted by Gasteiger charge is -2.30. The molecule has 17 heavy (non-hydrogen) atoms. The van der Waals surface area contributed by atoms with Gasteiger partial charge in [-0.2, -0.15) is 0 Å². The SMILES string of the molecule is Fc1cc(Br)cnc1NC1CC2CCC(C1)N2. The molecule has 3 nitrogen and oxygen atoms in total. The maximum Gasteiger partial charge on any atom is 0.166 e. The summed E-state index contributed by atoms with van der Waals surface area (Å²) in [6.45, 7) is 0. The Bertz CT molecular complexity index is 414. The molecule has 1 aromatic rings. The smallest absolute Gasteiger partial charge is 0.166 e. The number of aromatic nitrogens is 1. The molecular formula is C12H15BrFN3. The summed E-state index contributed by atoms with van der Waals surface area (Å²) in [6.07, 6.45) is 6.25. The summed E-state index contributed by atoms with van der Waals surface area (Å²) < 4.78 is 14.3. The van der Waals surface area contributed by atoms with Crippen molar-refractivity contribution in [3.8, 4) is 0 Å². The van der Waals surface area contributed by atoms with Crippen LogP contribution in [0.15, 0.2) is 16.7 Å². The summed E-state index contributed by atoms with van der Waals surface area (Å²) in [5.74, 6) is 0.0877. The van der Waals surface area contributed by atoms with Gasteiger partial charge in [-0.3, -0.25) is 0 Å². The van der Waals surface area contributed by atoms with Crippen LogP contribution in [0.2, 0.25) is 0 Å². The number of pyridine rings is 1. The van der Waals surface area contributed by atoms with Gasteiger partial charge in [0.05, 0.1) is 0 Å². The minimum Gasteiger partial charge on any atom is -0.365 e. The summed E-state index contributed by atoms with van der Waals surface area (Å²) in [5, 5.41) is 6.80. The Hall–Kier alpha value is -0.680. The van der Waals surface area contributed by atoms with Crippen molar-refractivity contribution < 1.29 is 4.39 Å². The molecule has 0 amide bonds. The third kappa shape index (κ3) is 2.45. The first-order valence-corrected chi connectivity index (χ1v) is 6.83. The summed E-state index contributed by atoms with van der Waals surface area (Å²) in [6, 6.07) is 3.00. The minimum absolute atomic E-state index is 0.287. The second-order valence-corrected chi connectivity index (χ2v) is 5.85. The monoisotopic (exact) mass is 299 g/mol. The molecule has 3 rings (SSSR count). The van der Waals surface area contributed by atoms with Crippen LogP contribution in [-0.4, -0.2) is 23.1 Å². The van der Waals surface area contributed by atoms with Crippen molar-refractivity contribution in [2.75, 3.05) is 5.32 Å². The molecule has 2 fully saturated rings. The lowest BCUT2D eigenvalue weighted by Crippen LogP contribution is -2.43. The first kappa shape index (κ1) is 11.4. The van der Waals surface area contributed by atoms with E-state index in [2.05, 4.69) is 31.5 Å². The number of halogens is 2. The van der Waals surface area contributed by atoms with Crippen molar-refractivity contribution in [3.05, 3.63) is 22.6 Å². The van der Waals surface area contributed by atoms with E-state index in [1.807, 2.05) is 0 Å². The molecule has 0 saturated carbocycles. The van der Waals surface area contributed by atoms with Crippen LogP contribution in [0.4, 0.5) is 10.2 Å². The Morgan fingerprint density at radius 3 is 2.71 bits per heavy atom. The third-order valence-electron chi connectivity index (χ3n) is 3.62. The fourth-order valence-electron chi connectivity index (χ4n) is 2.89. The van der Waals surface area contributed by atoms with Crippen molar-refractivity contribution in [2.45, 2.75) is 43.8 Å². The molecule has 2 aliphatic rings. The zero-order valence-corrected chi connectivity index (χ0v) is 11.0.